The molecule has 1 rings (SSSR count). The van der Waals surface area contributed by atoms with Crippen molar-refractivity contribution in [3.63, 3.8) is 0 Å². The molecule has 64 valence electrons. The first kappa shape index (κ1) is 8.67. The Morgan fingerprint density at radius 1 is 1.73 bits per heavy atom. The van der Waals surface area contributed by atoms with Crippen molar-refractivity contribution in [1.82, 2.24) is 0 Å². The van der Waals surface area contributed by atoms with E-state index in [4.69, 9.17) is 14.6 Å². The first-order chi connectivity index (χ1) is 5.20. The summed E-state index contributed by atoms with van der Waals surface area (Å²) in [5.41, 5.74) is 0.464. The maximum Gasteiger partial charge on any atom is 0.182 e. The van der Waals surface area contributed by atoms with Crippen LogP contribution in [0, 0.1) is 0 Å². The van der Waals surface area contributed by atoms with Gasteiger partial charge in [0.2, 0.25) is 0 Å². The number of aliphatic hydroxyl groups is 2. The fraction of sp³-hybridized carbons (Fsp3) is 0.714. The highest BCUT2D eigenvalue weighted by molar-refractivity contribution is 5.13. The molecule has 0 aromatic carbocycles. The van der Waals surface area contributed by atoms with Crippen molar-refractivity contribution >= 4 is 0 Å². The predicted octanol–water partition coefficient (Wildman–Crippen LogP) is -0.733. The van der Waals surface area contributed by atoms with E-state index in [1.807, 2.05) is 0 Å². The zero-order valence-electron chi connectivity index (χ0n) is 6.36. The van der Waals surface area contributed by atoms with Crippen LogP contribution in [0.4, 0.5) is 0 Å². The molecule has 4 nitrogen and oxygen atoms in total. The van der Waals surface area contributed by atoms with Crippen LogP contribution in [0.1, 0.15) is 0 Å². The molecule has 4 heteroatoms. The van der Waals surface area contributed by atoms with Gasteiger partial charge in [0, 0.05) is 12.7 Å². The predicted molar refractivity (Wildman–Crippen MR) is 37.9 cm³/mol. The molecule has 2 N–H and O–H groups in total. The minimum Gasteiger partial charge on any atom is -0.394 e. The molecule has 0 saturated carbocycles. The van der Waals surface area contributed by atoms with Crippen LogP contribution < -0.4 is 0 Å². The average molecular weight is 160 g/mol. The third kappa shape index (κ3) is 1.44. The monoisotopic (exact) mass is 160 g/mol. The van der Waals surface area contributed by atoms with E-state index in [1.54, 1.807) is 0 Å². The van der Waals surface area contributed by atoms with Gasteiger partial charge < -0.3 is 19.7 Å². The number of rotatable bonds is 2. The van der Waals surface area contributed by atoms with Crippen LogP contribution in [0.3, 0.4) is 0 Å². The third-order valence-corrected chi connectivity index (χ3v) is 1.73. The fourth-order valence-corrected chi connectivity index (χ4v) is 1.05. The van der Waals surface area contributed by atoms with Crippen molar-refractivity contribution in [3.05, 3.63) is 12.2 Å². The highest BCUT2D eigenvalue weighted by atomic mass is 16.7. The van der Waals surface area contributed by atoms with Gasteiger partial charge >= 0.3 is 0 Å². The molecule has 1 fully saturated rings. The molecular weight excluding hydrogens is 148 g/mol. The van der Waals surface area contributed by atoms with E-state index < -0.39 is 18.5 Å². The second kappa shape index (κ2) is 3.32. The Morgan fingerprint density at radius 2 is 2.36 bits per heavy atom. The molecule has 0 aromatic heterocycles. The minimum atomic E-state index is -0.815. The lowest BCUT2D eigenvalue weighted by Gasteiger charge is -2.08. The summed E-state index contributed by atoms with van der Waals surface area (Å²) in [4.78, 5) is 0. The Bertz CT molecular complexity index is 153. The van der Waals surface area contributed by atoms with Gasteiger partial charge in [-0.05, 0) is 0 Å². The quantitative estimate of drug-likeness (QED) is 0.523. The second-order valence-corrected chi connectivity index (χ2v) is 2.44. The highest BCUT2D eigenvalue weighted by Gasteiger charge is 2.36. The van der Waals surface area contributed by atoms with Crippen molar-refractivity contribution in [2.45, 2.75) is 18.5 Å². The summed E-state index contributed by atoms with van der Waals surface area (Å²) >= 11 is 0. The molecular formula is C7H12O4. The van der Waals surface area contributed by atoms with Gasteiger partial charge in [0.15, 0.2) is 6.29 Å². The highest BCUT2D eigenvalue weighted by Crippen LogP contribution is 2.24. The molecule has 3 atom stereocenters. The van der Waals surface area contributed by atoms with Gasteiger partial charge in [-0.25, -0.2) is 0 Å². The molecule has 0 bridgehead atoms. The number of ether oxygens (including phenoxy) is 2. The topological polar surface area (TPSA) is 58.9 Å². The summed E-state index contributed by atoms with van der Waals surface area (Å²) in [6.45, 7) is 3.35. The van der Waals surface area contributed by atoms with E-state index in [0.717, 1.165) is 0 Å². The summed E-state index contributed by atoms with van der Waals surface area (Å²) in [6.07, 6.45) is -1.99. The van der Waals surface area contributed by atoms with E-state index in [-0.39, 0.29) is 6.61 Å². The summed E-state index contributed by atoms with van der Waals surface area (Å²) in [7, 11) is 1.46. The molecule has 0 radical (unpaired) electrons. The van der Waals surface area contributed by atoms with Crippen LogP contribution in [0.15, 0.2) is 12.2 Å². The summed E-state index contributed by atoms with van der Waals surface area (Å²) in [5.74, 6) is 0. The van der Waals surface area contributed by atoms with Crippen LogP contribution in [-0.2, 0) is 9.47 Å². The summed E-state index contributed by atoms with van der Waals surface area (Å²) in [6, 6.07) is 0. The number of methoxy groups -OCH3 is 1. The number of aliphatic hydroxyl groups excluding tert-OH is 2. The Hall–Kier alpha value is -0.420. The lowest BCUT2D eigenvalue weighted by atomic mass is 10.1. The van der Waals surface area contributed by atoms with Crippen molar-refractivity contribution < 1.29 is 19.7 Å². The molecule has 1 heterocycles. The van der Waals surface area contributed by atoms with Crippen molar-refractivity contribution in [1.29, 1.82) is 0 Å². The zero-order valence-corrected chi connectivity index (χ0v) is 6.36. The summed E-state index contributed by atoms with van der Waals surface area (Å²) in [5, 5.41) is 18.0. The van der Waals surface area contributed by atoms with Gasteiger partial charge in [0.05, 0.1) is 6.61 Å². The van der Waals surface area contributed by atoms with Crippen LogP contribution in [0.5, 0.6) is 0 Å². The molecule has 1 unspecified atom stereocenters. The lowest BCUT2D eigenvalue weighted by molar-refractivity contribution is -0.118. The normalized spacial score (nSPS) is 38.1. The molecule has 0 aliphatic carbocycles. The lowest BCUT2D eigenvalue weighted by Crippen LogP contribution is -2.25. The first-order valence-corrected chi connectivity index (χ1v) is 3.36. The standard InChI is InChI=1S/C7H12O4/c1-4-6(9)5(3-8)11-7(4)10-2/h5-9H,1,3H2,2H3/t5-,6?,7+/m1/s1. The Morgan fingerprint density at radius 3 is 2.64 bits per heavy atom. The third-order valence-electron chi connectivity index (χ3n) is 1.73. The number of hydrogen-bond acceptors (Lipinski definition) is 4. The second-order valence-electron chi connectivity index (χ2n) is 2.44. The minimum absolute atomic E-state index is 0.222. The van der Waals surface area contributed by atoms with Gasteiger partial charge in [0.25, 0.3) is 0 Å². The molecule has 0 spiro atoms. The van der Waals surface area contributed by atoms with E-state index in [0.29, 0.717) is 5.57 Å². The molecule has 1 aliphatic heterocycles. The SMILES string of the molecule is C=C1C(O)[C@@H](CO)O[C@@H]1OC. The van der Waals surface area contributed by atoms with Gasteiger partial charge in [0.1, 0.15) is 12.2 Å². The number of hydrogen-bond donors (Lipinski definition) is 2. The van der Waals surface area contributed by atoms with Gasteiger partial charge in [-0.3, -0.25) is 0 Å². The molecule has 0 amide bonds. The van der Waals surface area contributed by atoms with Crippen molar-refractivity contribution in [3.8, 4) is 0 Å². The molecule has 1 saturated heterocycles. The van der Waals surface area contributed by atoms with Crippen LogP contribution in [0.25, 0.3) is 0 Å². The molecule has 1 aliphatic rings. The average Bonchev–Trinajstić information content (AvgIpc) is 2.30. The maximum atomic E-state index is 9.29. The van der Waals surface area contributed by atoms with Gasteiger partial charge in [-0.2, -0.15) is 0 Å². The maximum absolute atomic E-state index is 9.29. The summed E-state index contributed by atoms with van der Waals surface area (Å²) < 4.78 is 9.90. The Balaban J connectivity index is 2.61. The van der Waals surface area contributed by atoms with Crippen molar-refractivity contribution in [2.75, 3.05) is 13.7 Å². The van der Waals surface area contributed by atoms with Crippen LogP contribution in [-0.4, -0.2) is 42.4 Å². The first-order valence-electron chi connectivity index (χ1n) is 3.36. The van der Waals surface area contributed by atoms with Gasteiger partial charge in [-0.1, -0.05) is 6.58 Å². The Labute approximate surface area is 65.0 Å². The van der Waals surface area contributed by atoms with E-state index in [1.165, 1.54) is 7.11 Å². The smallest absolute Gasteiger partial charge is 0.182 e. The van der Waals surface area contributed by atoms with E-state index >= 15 is 0 Å². The Kier molecular flexibility index (Phi) is 2.62. The van der Waals surface area contributed by atoms with Crippen LogP contribution >= 0.6 is 0 Å². The van der Waals surface area contributed by atoms with Crippen molar-refractivity contribution in [2.24, 2.45) is 0 Å². The van der Waals surface area contributed by atoms with Gasteiger partial charge in [-0.15, -0.1) is 0 Å². The molecule has 0 aromatic rings. The van der Waals surface area contributed by atoms with E-state index in [9.17, 15) is 5.11 Å². The fourth-order valence-electron chi connectivity index (χ4n) is 1.05. The van der Waals surface area contributed by atoms with E-state index in [2.05, 4.69) is 6.58 Å². The largest absolute Gasteiger partial charge is 0.394 e. The van der Waals surface area contributed by atoms with Crippen LogP contribution in [0.2, 0.25) is 0 Å². The zero-order chi connectivity index (χ0) is 8.43. The molecule has 11 heavy (non-hydrogen) atoms.